The molecule has 0 radical (unpaired) electrons. The quantitative estimate of drug-likeness (QED) is 0.655. The Morgan fingerprint density at radius 2 is 2.12 bits per heavy atom. The van der Waals surface area contributed by atoms with E-state index in [1.165, 1.54) is 17.9 Å². The zero-order chi connectivity index (χ0) is 22.5. The number of ether oxygens (including phenoxy) is 1. The van der Waals surface area contributed by atoms with Crippen LogP contribution in [0.1, 0.15) is 12.6 Å². The maximum Gasteiger partial charge on any atom is 0.414 e. The molecular weight excluding hydrogens is 449 g/mol. The molecule has 3 fully saturated rings. The summed E-state index contributed by atoms with van der Waals surface area (Å²) in [7, 11) is 0. The van der Waals surface area contributed by atoms with Crippen molar-refractivity contribution in [3.8, 4) is 11.1 Å². The number of carbonyl (C=O) groups excluding carboxylic acids is 2. The van der Waals surface area contributed by atoms with Gasteiger partial charge in [0.05, 0.1) is 30.6 Å². The minimum atomic E-state index is -0.576. The lowest BCUT2D eigenvalue weighted by Crippen LogP contribution is -2.33. The smallest absolute Gasteiger partial charge is 0.414 e. The molecule has 10 heteroatoms. The Labute approximate surface area is 196 Å². The molecule has 1 aliphatic carbocycles. The number of benzene rings is 1. The average Bonchev–Trinajstić information content (AvgIpc) is 3.09. The van der Waals surface area contributed by atoms with Crippen LogP contribution in [-0.2, 0) is 15.1 Å². The number of hydrogen-bond acceptors (Lipinski definition) is 5. The zero-order valence-corrected chi connectivity index (χ0v) is 18.7. The third-order valence-electron chi connectivity index (χ3n) is 6.62. The van der Waals surface area contributed by atoms with Crippen LogP contribution in [-0.4, -0.2) is 49.3 Å². The van der Waals surface area contributed by atoms with E-state index in [0.717, 1.165) is 18.8 Å². The van der Waals surface area contributed by atoms with E-state index in [9.17, 15) is 14.0 Å². The van der Waals surface area contributed by atoms with Crippen molar-refractivity contribution >= 4 is 30.1 Å². The Balaban J connectivity index is 0.00000259. The van der Waals surface area contributed by atoms with Crippen molar-refractivity contribution in [3.05, 3.63) is 59.5 Å². The van der Waals surface area contributed by atoms with Gasteiger partial charge in [0.15, 0.2) is 0 Å². The summed E-state index contributed by atoms with van der Waals surface area (Å²) in [5, 5.41) is 5.91. The lowest BCUT2D eigenvalue weighted by atomic mass is 10.0. The third kappa shape index (κ3) is 3.79. The maximum atomic E-state index is 14.9. The number of hydrogen-bond donors (Lipinski definition) is 2. The van der Waals surface area contributed by atoms with Gasteiger partial charge in [-0.05, 0) is 24.3 Å². The van der Waals surface area contributed by atoms with E-state index >= 15 is 0 Å². The molecule has 172 valence electrons. The molecule has 1 aromatic carbocycles. The summed E-state index contributed by atoms with van der Waals surface area (Å²) in [5.74, 6) is -0.103. The number of rotatable bonds is 5. The molecule has 5 rings (SSSR count). The summed E-state index contributed by atoms with van der Waals surface area (Å²) in [6.45, 7) is 11.2. The van der Waals surface area contributed by atoms with Crippen LogP contribution in [0.25, 0.3) is 16.0 Å². The van der Waals surface area contributed by atoms with Gasteiger partial charge in [-0.15, -0.1) is 12.4 Å². The lowest BCUT2D eigenvalue weighted by Gasteiger charge is -2.15. The van der Waals surface area contributed by atoms with Crippen LogP contribution in [0.4, 0.5) is 14.9 Å². The predicted octanol–water partition coefficient (Wildman–Crippen LogP) is 2.73. The molecule has 3 heterocycles. The van der Waals surface area contributed by atoms with E-state index in [4.69, 9.17) is 11.3 Å². The molecule has 2 saturated heterocycles. The van der Waals surface area contributed by atoms with Crippen molar-refractivity contribution in [2.45, 2.75) is 18.6 Å². The molecule has 0 spiro atoms. The van der Waals surface area contributed by atoms with Gasteiger partial charge in [0.1, 0.15) is 17.6 Å². The molecule has 2 N–H and O–H groups in total. The van der Waals surface area contributed by atoms with Gasteiger partial charge in [-0.2, -0.15) is 0 Å². The summed E-state index contributed by atoms with van der Waals surface area (Å²) in [6.07, 6.45) is 0.542. The van der Waals surface area contributed by atoms with Crippen LogP contribution in [0.3, 0.4) is 0 Å². The first-order valence-electron chi connectivity index (χ1n) is 10.5. The van der Waals surface area contributed by atoms with E-state index in [2.05, 4.69) is 20.5 Å². The van der Waals surface area contributed by atoms with Gasteiger partial charge in [-0.25, -0.2) is 15.8 Å². The number of cyclic esters (lactones) is 1. The number of fused-ring (bicyclic) bond motifs is 1. The van der Waals surface area contributed by atoms with E-state index in [-0.39, 0.29) is 31.4 Å². The van der Waals surface area contributed by atoms with Crippen molar-refractivity contribution in [2.75, 3.05) is 31.1 Å². The molecule has 2 aromatic rings. The van der Waals surface area contributed by atoms with E-state index in [1.54, 1.807) is 24.4 Å². The predicted molar refractivity (Wildman–Crippen MR) is 121 cm³/mol. The summed E-state index contributed by atoms with van der Waals surface area (Å²) in [6, 6.07) is 8.18. The molecule has 4 atom stereocenters. The van der Waals surface area contributed by atoms with Gasteiger partial charge >= 0.3 is 6.09 Å². The van der Waals surface area contributed by atoms with Crippen LogP contribution < -0.4 is 15.5 Å². The Hall–Kier alpha value is -3.22. The fourth-order valence-corrected chi connectivity index (χ4v) is 4.91. The van der Waals surface area contributed by atoms with Gasteiger partial charge in [0, 0.05) is 37.3 Å². The normalized spacial score (nSPS) is 27.2. The van der Waals surface area contributed by atoms with Gasteiger partial charge < -0.3 is 20.2 Å². The fraction of sp³-hybridized carbons (Fsp3) is 0.391. The first-order valence-corrected chi connectivity index (χ1v) is 10.5. The third-order valence-corrected chi connectivity index (χ3v) is 6.62. The van der Waals surface area contributed by atoms with E-state index in [0.29, 0.717) is 28.7 Å². The lowest BCUT2D eigenvalue weighted by molar-refractivity contribution is -0.119. The second-order valence-electron chi connectivity index (χ2n) is 8.46. The monoisotopic (exact) mass is 471 g/mol. The molecule has 1 aromatic heterocycles. The molecule has 8 nitrogen and oxygen atoms in total. The average molecular weight is 472 g/mol. The summed E-state index contributed by atoms with van der Waals surface area (Å²) in [4.78, 5) is 33.0. The molecule has 1 unspecified atom stereocenters. The molecule has 33 heavy (non-hydrogen) atoms. The topological polar surface area (TPSA) is 87.9 Å². The summed E-state index contributed by atoms with van der Waals surface area (Å²) in [5.41, 5.74) is 1.56. The molecule has 1 saturated carbocycles. The number of amides is 2. The highest BCUT2D eigenvalue weighted by Crippen LogP contribution is 2.62. The van der Waals surface area contributed by atoms with Crippen LogP contribution >= 0.6 is 12.4 Å². The number of nitrogens with zero attached hydrogens (tertiary/aromatic N) is 3. The van der Waals surface area contributed by atoms with Gasteiger partial charge in [0.25, 0.3) is 5.54 Å². The number of halogens is 2. The van der Waals surface area contributed by atoms with E-state index in [1.807, 2.05) is 6.07 Å². The minimum absolute atomic E-state index is 0. The Morgan fingerprint density at radius 1 is 1.36 bits per heavy atom. The number of carbonyl (C=O) groups is 2. The minimum Gasteiger partial charge on any atom is -0.442 e. The highest BCUT2D eigenvalue weighted by molar-refractivity contribution is 5.90. The summed E-state index contributed by atoms with van der Waals surface area (Å²) >= 11 is 0. The standard InChI is InChI=1S/C23H22FN5O3.ClH/c1-13(30)27-9-16-12-29(22(31)32-16)15-4-5-17(20(24)7-15)14-3-6-21(28-8-14)23(25-2)18-10-26-11-19(18)23;/h3-8,16,18-19,26H,9-12H2,1H3,(H,27,30);1H/t16-,18-,19+,23?;/m0./s1. The molecular formula is C23H23ClFN5O3. The van der Waals surface area contributed by atoms with Gasteiger partial charge in [-0.3, -0.25) is 14.7 Å². The van der Waals surface area contributed by atoms with Crippen molar-refractivity contribution in [1.82, 2.24) is 15.6 Å². The van der Waals surface area contributed by atoms with E-state index < -0.39 is 23.6 Å². The number of nitrogens with one attached hydrogen (secondary N) is 2. The highest BCUT2D eigenvalue weighted by Gasteiger charge is 2.76. The van der Waals surface area contributed by atoms with Crippen LogP contribution in [0.2, 0.25) is 0 Å². The molecule has 3 aliphatic rings. The molecule has 2 amide bonds. The Morgan fingerprint density at radius 3 is 2.73 bits per heavy atom. The first kappa shape index (κ1) is 23.0. The second-order valence-corrected chi connectivity index (χ2v) is 8.46. The van der Waals surface area contributed by atoms with Crippen molar-refractivity contribution in [1.29, 1.82) is 0 Å². The SMILES string of the molecule is Cl.[C-]#[N+]C1(c2ccc(-c3ccc(N4C[C@H](CNC(C)=O)OC4=O)cc3F)cn2)[C@@H]2CNC[C@@H]21. The van der Waals surface area contributed by atoms with Gasteiger partial charge in [-0.1, -0.05) is 6.07 Å². The van der Waals surface area contributed by atoms with Crippen molar-refractivity contribution in [2.24, 2.45) is 11.8 Å². The van der Waals surface area contributed by atoms with Gasteiger partial charge in [0.2, 0.25) is 5.91 Å². The maximum absolute atomic E-state index is 14.9. The highest BCUT2D eigenvalue weighted by atomic mass is 35.5. The zero-order valence-electron chi connectivity index (χ0n) is 17.9. The summed E-state index contributed by atoms with van der Waals surface area (Å²) < 4.78 is 20.2. The first-order chi connectivity index (χ1) is 15.4. The fourth-order valence-electron chi connectivity index (χ4n) is 4.91. The largest absolute Gasteiger partial charge is 0.442 e. The number of anilines is 1. The Kier molecular flexibility index (Phi) is 5.99. The molecule has 0 bridgehead atoms. The number of aromatic nitrogens is 1. The second kappa shape index (κ2) is 8.61. The van der Waals surface area contributed by atoms with Crippen LogP contribution in [0.5, 0.6) is 0 Å². The Bertz CT molecular complexity index is 1130. The number of pyridine rings is 1. The number of piperidine rings is 1. The molecule has 2 aliphatic heterocycles. The van der Waals surface area contributed by atoms with Crippen LogP contribution in [0.15, 0.2) is 36.5 Å². The van der Waals surface area contributed by atoms with Crippen LogP contribution in [0, 0.1) is 24.2 Å². The van der Waals surface area contributed by atoms with Crippen molar-refractivity contribution < 1.29 is 18.7 Å². The van der Waals surface area contributed by atoms with Crippen molar-refractivity contribution in [3.63, 3.8) is 0 Å².